The molecule has 0 saturated heterocycles. The van der Waals surface area contributed by atoms with Crippen molar-refractivity contribution in [1.29, 1.82) is 0 Å². The van der Waals surface area contributed by atoms with Crippen molar-refractivity contribution in [2.24, 2.45) is 11.3 Å². The monoisotopic (exact) mass is 358 g/mol. The zero-order valence-corrected chi connectivity index (χ0v) is 18.2. The van der Waals surface area contributed by atoms with Crippen molar-refractivity contribution in [2.75, 3.05) is 0 Å². The average molecular weight is 359 g/mol. The second-order valence-electron chi connectivity index (χ2n) is 9.15. The molecular formula is C21H42O4. The first-order chi connectivity index (χ1) is 11.5. The van der Waals surface area contributed by atoms with Gasteiger partial charge in [-0.1, -0.05) is 48.5 Å². The van der Waals surface area contributed by atoms with E-state index in [2.05, 4.69) is 62.3 Å². The van der Waals surface area contributed by atoms with Gasteiger partial charge in [0.1, 0.15) is 11.2 Å². The third kappa shape index (κ3) is 5.92. The van der Waals surface area contributed by atoms with Gasteiger partial charge in [-0.05, 0) is 57.3 Å². The van der Waals surface area contributed by atoms with Crippen molar-refractivity contribution in [1.82, 2.24) is 0 Å². The molecule has 1 saturated carbocycles. The quantitative estimate of drug-likeness (QED) is 0.251. The Hall–Kier alpha value is -0.160. The van der Waals surface area contributed by atoms with Crippen molar-refractivity contribution < 1.29 is 19.6 Å². The first-order valence-electron chi connectivity index (χ1n) is 10.2. The highest BCUT2D eigenvalue weighted by Gasteiger charge is 2.48. The van der Waals surface area contributed by atoms with Crippen LogP contribution in [0, 0.1) is 11.3 Å². The lowest BCUT2D eigenvalue weighted by Crippen LogP contribution is -2.49. The van der Waals surface area contributed by atoms with Crippen molar-refractivity contribution in [3.05, 3.63) is 0 Å². The molecule has 1 rings (SSSR count). The van der Waals surface area contributed by atoms with Gasteiger partial charge >= 0.3 is 0 Å². The molecule has 1 unspecified atom stereocenters. The highest BCUT2D eigenvalue weighted by atomic mass is 17.3. The van der Waals surface area contributed by atoms with Crippen molar-refractivity contribution in [3.63, 3.8) is 0 Å². The molecule has 0 heterocycles. The largest absolute Gasteiger partial charge is 0.234 e. The lowest BCUT2D eigenvalue weighted by molar-refractivity contribution is -0.553. The Balaban J connectivity index is 2.91. The van der Waals surface area contributed by atoms with Crippen LogP contribution in [0.4, 0.5) is 0 Å². The Morgan fingerprint density at radius 2 is 1.20 bits per heavy atom. The van der Waals surface area contributed by atoms with E-state index in [0.29, 0.717) is 5.92 Å². The van der Waals surface area contributed by atoms with Crippen LogP contribution in [-0.2, 0) is 19.6 Å². The summed E-state index contributed by atoms with van der Waals surface area (Å²) in [6, 6.07) is 0. The van der Waals surface area contributed by atoms with Crippen LogP contribution >= 0.6 is 0 Å². The minimum atomic E-state index is -0.827. The Bertz CT molecular complexity index is 375. The molecule has 0 N–H and O–H groups in total. The van der Waals surface area contributed by atoms with Crippen molar-refractivity contribution in [3.8, 4) is 0 Å². The Kier molecular flexibility index (Phi) is 7.95. The summed E-state index contributed by atoms with van der Waals surface area (Å²) in [6.45, 7) is 19.5. The third-order valence-electron chi connectivity index (χ3n) is 6.88. The van der Waals surface area contributed by atoms with E-state index in [1.807, 2.05) is 0 Å². The Morgan fingerprint density at radius 1 is 0.800 bits per heavy atom. The zero-order chi connectivity index (χ0) is 19.4. The summed E-state index contributed by atoms with van der Waals surface area (Å²) in [5, 5.41) is 0. The van der Waals surface area contributed by atoms with E-state index >= 15 is 0 Å². The molecule has 0 aromatic rings. The molecule has 0 aromatic heterocycles. The molecule has 25 heavy (non-hydrogen) atoms. The van der Waals surface area contributed by atoms with Crippen LogP contribution in [0.25, 0.3) is 0 Å². The fourth-order valence-corrected chi connectivity index (χ4v) is 2.86. The summed E-state index contributed by atoms with van der Waals surface area (Å²) in [6.07, 6.45) is 6.13. The fraction of sp³-hybridized carbons (Fsp3) is 1.00. The number of rotatable bonds is 10. The molecule has 1 fully saturated rings. The summed E-state index contributed by atoms with van der Waals surface area (Å²) < 4.78 is 0. The van der Waals surface area contributed by atoms with Gasteiger partial charge < -0.3 is 0 Å². The van der Waals surface area contributed by atoms with Crippen LogP contribution < -0.4 is 0 Å². The molecule has 1 aliphatic rings. The Labute approximate surface area is 155 Å². The maximum absolute atomic E-state index is 6.02. The maximum atomic E-state index is 6.02. The van der Waals surface area contributed by atoms with Gasteiger partial charge in [0.15, 0.2) is 0 Å². The summed E-state index contributed by atoms with van der Waals surface area (Å²) >= 11 is 0. The highest BCUT2D eigenvalue weighted by molar-refractivity contribution is 4.88. The lowest BCUT2D eigenvalue weighted by atomic mass is 9.68. The van der Waals surface area contributed by atoms with Gasteiger partial charge in [0.2, 0.25) is 5.79 Å². The minimum Gasteiger partial charge on any atom is -0.227 e. The average Bonchev–Trinajstić information content (AvgIpc) is 2.61. The molecular weight excluding hydrogens is 316 g/mol. The molecule has 0 amide bonds. The van der Waals surface area contributed by atoms with E-state index in [-0.39, 0.29) is 16.6 Å². The predicted molar refractivity (Wildman–Crippen MR) is 102 cm³/mol. The van der Waals surface area contributed by atoms with Crippen molar-refractivity contribution in [2.45, 2.75) is 124 Å². The van der Waals surface area contributed by atoms with E-state index in [4.69, 9.17) is 19.6 Å². The van der Waals surface area contributed by atoms with Gasteiger partial charge in [0.05, 0.1) is 0 Å². The Morgan fingerprint density at radius 3 is 1.52 bits per heavy atom. The molecule has 1 aliphatic carbocycles. The number of hydrogen-bond donors (Lipinski definition) is 0. The van der Waals surface area contributed by atoms with Gasteiger partial charge in [-0.2, -0.15) is 9.78 Å². The summed E-state index contributed by atoms with van der Waals surface area (Å²) in [5.41, 5.74) is -0.329. The van der Waals surface area contributed by atoms with E-state index in [1.54, 1.807) is 0 Å². The van der Waals surface area contributed by atoms with Crippen LogP contribution in [0.15, 0.2) is 0 Å². The van der Waals surface area contributed by atoms with Crippen LogP contribution in [0.3, 0.4) is 0 Å². The van der Waals surface area contributed by atoms with Crippen molar-refractivity contribution >= 4 is 0 Å². The minimum absolute atomic E-state index is 0.272. The summed E-state index contributed by atoms with van der Waals surface area (Å²) in [4.78, 5) is 23.9. The SMILES string of the molecule is CCC(C)(CC)OOC1(OOC(C)(CC)CC)CCC(C)(C)C(C)C1. The molecule has 1 atom stereocenters. The second-order valence-corrected chi connectivity index (χ2v) is 9.15. The van der Waals surface area contributed by atoms with Gasteiger partial charge in [0.25, 0.3) is 0 Å². The van der Waals surface area contributed by atoms with Crippen LogP contribution in [0.2, 0.25) is 0 Å². The van der Waals surface area contributed by atoms with Gasteiger partial charge in [0, 0.05) is 12.8 Å². The molecule has 0 aliphatic heterocycles. The predicted octanol–water partition coefficient (Wildman–Crippen LogP) is 6.58. The molecule has 4 nitrogen and oxygen atoms in total. The number of hydrogen-bond acceptors (Lipinski definition) is 4. The van der Waals surface area contributed by atoms with Gasteiger partial charge in [-0.3, -0.25) is 0 Å². The lowest BCUT2D eigenvalue weighted by Gasteiger charge is -2.46. The highest BCUT2D eigenvalue weighted by Crippen LogP contribution is 2.47. The topological polar surface area (TPSA) is 36.9 Å². The fourth-order valence-electron chi connectivity index (χ4n) is 2.86. The summed E-state index contributed by atoms with van der Waals surface area (Å²) in [7, 11) is 0. The maximum Gasteiger partial charge on any atom is 0.234 e. The standard InChI is InChI=1S/C21H42O4/c1-10-19(8,11-2)22-24-21(25-23-20(9,12-3)13-4)15-14-18(6,7)17(5)16-21/h17H,10-16H2,1-9H3. The van der Waals surface area contributed by atoms with E-state index < -0.39 is 5.79 Å². The normalized spacial score (nSPS) is 23.6. The second kappa shape index (κ2) is 8.69. The summed E-state index contributed by atoms with van der Waals surface area (Å²) in [5.74, 6) is -0.371. The molecule has 0 radical (unpaired) electrons. The van der Waals surface area contributed by atoms with E-state index in [9.17, 15) is 0 Å². The van der Waals surface area contributed by atoms with Crippen LogP contribution in [-0.4, -0.2) is 17.0 Å². The zero-order valence-electron chi connectivity index (χ0n) is 18.2. The molecule has 150 valence electrons. The van der Waals surface area contributed by atoms with E-state index in [0.717, 1.165) is 44.9 Å². The molecule has 0 spiro atoms. The molecule has 0 bridgehead atoms. The van der Waals surface area contributed by atoms with Crippen LogP contribution in [0.1, 0.15) is 107 Å². The van der Waals surface area contributed by atoms with Crippen LogP contribution in [0.5, 0.6) is 0 Å². The third-order valence-corrected chi connectivity index (χ3v) is 6.88. The smallest absolute Gasteiger partial charge is 0.227 e. The molecule has 0 aromatic carbocycles. The molecule has 4 heteroatoms. The van der Waals surface area contributed by atoms with E-state index in [1.165, 1.54) is 0 Å². The van der Waals surface area contributed by atoms with Gasteiger partial charge in [-0.15, -0.1) is 0 Å². The first-order valence-corrected chi connectivity index (χ1v) is 10.2. The first kappa shape index (κ1) is 22.9. The van der Waals surface area contributed by atoms with Gasteiger partial charge in [-0.25, -0.2) is 9.78 Å².